The van der Waals surface area contributed by atoms with Crippen molar-refractivity contribution in [2.45, 2.75) is 89.8 Å². The number of halogens is 1. The minimum absolute atomic E-state index is 0.131. The Labute approximate surface area is 325 Å². The first kappa shape index (κ1) is 46.3. The predicted molar refractivity (Wildman–Crippen MR) is 216 cm³/mol. The highest BCUT2D eigenvalue weighted by Crippen LogP contribution is 2.45. The molecule has 1 aliphatic carbocycles. The number of carbonyl (C=O) groups excluding carboxylic acids is 2. The van der Waals surface area contributed by atoms with Crippen LogP contribution in [0.25, 0.3) is 11.0 Å². The van der Waals surface area contributed by atoms with Crippen LogP contribution in [0.4, 0.5) is 4.39 Å². The molecule has 2 atom stereocenters. The number of hydrazine groups is 1. The summed E-state index contributed by atoms with van der Waals surface area (Å²) >= 11 is 1.13. The maximum absolute atomic E-state index is 13.0. The lowest BCUT2D eigenvalue weighted by Gasteiger charge is -2.34. The van der Waals surface area contributed by atoms with Crippen LogP contribution in [0.3, 0.4) is 0 Å². The van der Waals surface area contributed by atoms with Gasteiger partial charge in [-0.3, -0.25) is 20.0 Å². The Balaban J connectivity index is 0.000000436. The zero-order valence-corrected chi connectivity index (χ0v) is 33.7. The molecule has 0 aliphatic heterocycles. The number of nitrogens with one attached hydrogen (secondary N) is 3. The molecular weight excluding hydrogens is 706 g/mol. The van der Waals surface area contributed by atoms with Gasteiger partial charge in [-0.15, -0.1) is 0 Å². The van der Waals surface area contributed by atoms with Gasteiger partial charge in [0.1, 0.15) is 12.1 Å². The molecule has 1 amide bonds. The van der Waals surface area contributed by atoms with Crippen molar-refractivity contribution in [2.24, 2.45) is 5.92 Å². The summed E-state index contributed by atoms with van der Waals surface area (Å²) in [6, 6.07) is 21.3. The van der Waals surface area contributed by atoms with Crippen LogP contribution in [-0.2, 0) is 21.5 Å². The molecular formula is C41H60FN7O4S. The molecule has 2 unspecified atom stereocenters. The van der Waals surface area contributed by atoms with Gasteiger partial charge in [-0.1, -0.05) is 95.0 Å². The van der Waals surface area contributed by atoms with Crippen LogP contribution in [0.1, 0.15) is 71.9 Å². The molecule has 3 aromatic carbocycles. The van der Waals surface area contributed by atoms with Crippen LogP contribution in [0.5, 0.6) is 0 Å². The van der Waals surface area contributed by atoms with Crippen molar-refractivity contribution < 1.29 is 24.3 Å². The van der Waals surface area contributed by atoms with E-state index in [1.165, 1.54) is 18.6 Å². The number of aldehydes is 1. The van der Waals surface area contributed by atoms with Crippen LogP contribution in [0, 0.1) is 11.7 Å². The number of amides is 1. The predicted octanol–water partition coefficient (Wildman–Crippen LogP) is 6.55. The fourth-order valence-electron chi connectivity index (χ4n) is 5.42. The van der Waals surface area contributed by atoms with Gasteiger partial charge in [0.2, 0.25) is 5.91 Å². The van der Waals surface area contributed by atoms with E-state index in [0.717, 1.165) is 62.7 Å². The number of likely N-dealkylation sites (N-methyl/N-ethyl adjacent to an activating group) is 1. The monoisotopic (exact) mass is 765 g/mol. The molecule has 1 aliphatic rings. The van der Waals surface area contributed by atoms with Crippen molar-refractivity contribution in [3.8, 4) is 0 Å². The molecule has 13 heteroatoms. The second-order valence-electron chi connectivity index (χ2n) is 13.1. The second-order valence-corrected chi connectivity index (χ2v) is 14.1. The number of hydrogen-bond acceptors (Lipinski definition) is 11. The van der Waals surface area contributed by atoms with E-state index >= 15 is 0 Å². The summed E-state index contributed by atoms with van der Waals surface area (Å²) in [4.78, 5) is 31.9. The van der Waals surface area contributed by atoms with Gasteiger partial charge in [0.25, 0.3) is 0 Å². The molecule has 5 rings (SSSR count). The van der Waals surface area contributed by atoms with E-state index in [4.69, 9.17) is 0 Å². The Morgan fingerprint density at radius 3 is 2.24 bits per heavy atom. The zero-order valence-electron chi connectivity index (χ0n) is 32.8. The van der Waals surface area contributed by atoms with Crippen molar-refractivity contribution >= 4 is 35.2 Å². The number of fused-ring (bicyclic) bond motifs is 1. The molecule has 1 heterocycles. The lowest BCUT2D eigenvalue weighted by Crippen LogP contribution is -2.53. The first-order valence-corrected chi connectivity index (χ1v) is 19.5. The molecule has 54 heavy (non-hydrogen) atoms. The molecule has 0 bridgehead atoms. The minimum atomic E-state index is -0.924. The molecule has 0 spiro atoms. The molecule has 1 aromatic heterocycles. The first-order chi connectivity index (χ1) is 26.0. The van der Waals surface area contributed by atoms with E-state index in [2.05, 4.69) is 39.8 Å². The Morgan fingerprint density at radius 1 is 0.981 bits per heavy atom. The molecule has 296 valence electrons. The minimum Gasteiger partial charge on any atom is -0.390 e. The molecule has 5 N–H and O–H groups in total. The largest absolute Gasteiger partial charge is 0.390 e. The van der Waals surface area contributed by atoms with E-state index in [0.29, 0.717) is 19.5 Å². The highest BCUT2D eigenvalue weighted by atomic mass is 32.2. The van der Waals surface area contributed by atoms with Gasteiger partial charge in [0, 0.05) is 47.9 Å². The summed E-state index contributed by atoms with van der Waals surface area (Å²) in [5, 5.41) is 32.7. The van der Waals surface area contributed by atoms with Crippen molar-refractivity contribution in [3.63, 3.8) is 0 Å². The lowest BCUT2D eigenvalue weighted by atomic mass is 10.0. The summed E-state index contributed by atoms with van der Waals surface area (Å²) in [7, 11) is 1.70. The van der Waals surface area contributed by atoms with Crippen LogP contribution in [-0.4, -0.2) is 87.4 Å². The number of hydrogen-bond donors (Lipinski definition) is 5. The third-order valence-corrected chi connectivity index (χ3v) is 8.80. The van der Waals surface area contributed by atoms with Crippen molar-refractivity contribution in [1.82, 2.24) is 35.5 Å². The normalized spacial score (nSPS) is 13.8. The highest BCUT2D eigenvalue weighted by Gasteiger charge is 2.43. The molecule has 1 fully saturated rings. The molecule has 4 aromatic rings. The van der Waals surface area contributed by atoms with Gasteiger partial charge in [0.15, 0.2) is 0 Å². The van der Waals surface area contributed by atoms with Crippen molar-refractivity contribution in [2.75, 3.05) is 33.2 Å². The SMILES string of the molecule is CC.CCC.CNCC(=O)NC(Cc1ccccc1)C(O)CN(CC(C)C)N(O)Sc1ccc2nccnc2c1.O=CCNC1(c2cccc(F)c2)CC1. The van der Waals surface area contributed by atoms with E-state index in [1.807, 2.05) is 82.3 Å². The summed E-state index contributed by atoms with van der Waals surface area (Å²) < 4.78 is 14.0. The van der Waals surface area contributed by atoms with Gasteiger partial charge in [0.05, 0.1) is 36.3 Å². The average Bonchev–Trinajstić information content (AvgIpc) is 3.96. The third-order valence-electron chi connectivity index (χ3n) is 7.94. The van der Waals surface area contributed by atoms with Crippen molar-refractivity contribution in [1.29, 1.82) is 0 Å². The maximum atomic E-state index is 13.0. The number of aliphatic hydroxyl groups is 1. The van der Waals surface area contributed by atoms with Crippen LogP contribution < -0.4 is 16.0 Å². The van der Waals surface area contributed by atoms with Gasteiger partial charge in [-0.2, -0.15) is 0 Å². The topological polar surface area (TPSA) is 143 Å². The van der Waals surface area contributed by atoms with Gasteiger partial charge in [-0.05, 0) is 73.7 Å². The Morgan fingerprint density at radius 2 is 1.65 bits per heavy atom. The standard InChI is InChI=1S/C25H34N6O3S.C11H12FNO.C3H8.C2H6/c1-18(2)16-30(31(34)35-20-9-10-21-22(14-20)28-12-11-27-21)17-24(32)23(29-25(33)15-26-3)13-19-7-5-4-6-8-19;12-10-3-1-2-9(8-10)11(4-5-11)13-6-7-14;1-3-2;1-2/h4-12,14,18,23-24,26,32,34H,13,15-17H2,1-3H3,(H,29,33);1-3,7-8,13H,4-6H2;3H2,1-2H3;1-2H3. The summed E-state index contributed by atoms with van der Waals surface area (Å²) in [6.07, 6.45) is 6.85. The van der Waals surface area contributed by atoms with Gasteiger partial charge in [-0.25, -0.2) is 9.40 Å². The van der Waals surface area contributed by atoms with Gasteiger partial charge < -0.3 is 25.9 Å². The van der Waals surface area contributed by atoms with Crippen LogP contribution >= 0.6 is 11.9 Å². The quantitative estimate of drug-likeness (QED) is 0.0454. The van der Waals surface area contributed by atoms with Crippen molar-refractivity contribution in [3.05, 3.63) is 102 Å². The van der Waals surface area contributed by atoms with E-state index in [9.17, 15) is 24.3 Å². The summed E-state index contributed by atoms with van der Waals surface area (Å²) in [5.74, 6) is -0.191. The zero-order chi connectivity index (χ0) is 39.9. The molecule has 0 radical (unpaired) electrons. The smallest absolute Gasteiger partial charge is 0.234 e. The maximum Gasteiger partial charge on any atom is 0.234 e. The van der Waals surface area contributed by atoms with E-state index < -0.39 is 12.1 Å². The average molecular weight is 766 g/mol. The summed E-state index contributed by atoms with van der Waals surface area (Å²) in [5.41, 5.74) is 3.32. The van der Waals surface area contributed by atoms with Crippen LogP contribution in [0.2, 0.25) is 0 Å². The van der Waals surface area contributed by atoms with E-state index in [1.54, 1.807) is 30.5 Å². The fourth-order valence-corrected chi connectivity index (χ4v) is 6.15. The number of nitrogens with zero attached hydrogens (tertiary/aromatic N) is 4. The Hall–Kier alpha value is -3.82. The number of aliphatic hydroxyl groups excluding tert-OH is 1. The fraction of sp³-hybridized carbons (Fsp3) is 0.463. The van der Waals surface area contributed by atoms with Gasteiger partial charge >= 0.3 is 0 Å². The lowest BCUT2D eigenvalue weighted by molar-refractivity contribution is -0.174. The van der Waals surface area contributed by atoms with Crippen LogP contribution in [0.15, 0.2) is 90.1 Å². The number of aromatic nitrogens is 2. The second kappa shape index (κ2) is 25.3. The number of benzene rings is 3. The molecule has 1 saturated carbocycles. The Bertz CT molecular complexity index is 1650. The number of rotatable bonds is 17. The summed E-state index contributed by atoms with van der Waals surface area (Å²) in [6.45, 7) is 13.5. The molecule has 0 saturated heterocycles. The molecule has 11 nitrogen and oxygen atoms in total. The third kappa shape index (κ3) is 16.3. The van der Waals surface area contributed by atoms with E-state index in [-0.39, 0.29) is 36.3 Å². The first-order valence-electron chi connectivity index (χ1n) is 18.8. The highest BCUT2D eigenvalue weighted by molar-refractivity contribution is 7.96. The number of carbonyl (C=O) groups is 2. The Kier molecular flexibility index (Phi) is 21.7.